The van der Waals surface area contributed by atoms with E-state index < -0.39 is 0 Å². The Morgan fingerprint density at radius 1 is 0.912 bits per heavy atom. The van der Waals surface area contributed by atoms with Crippen molar-refractivity contribution >= 4 is 55.9 Å². The highest BCUT2D eigenvalue weighted by Gasteiger charge is 2.12. The number of benzene rings is 2. The van der Waals surface area contributed by atoms with Crippen LogP contribution in [0.4, 0.5) is 11.4 Å². The number of hydrogen-bond acceptors (Lipinski definition) is 7. The van der Waals surface area contributed by atoms with E-state index in [0.29, 0.717) is 33.6 Å². The van der Waals surface area contributed by atoms with Crippen molar-refractivity contribution in [2.75, 3.05) is 43.9 Å². The summed E-state index contributed by atoms with van der Waals surface area (Å²) in [5, 5.41) is 9.63. The third-order valence-electron chi connectivity index (χ3n) is 5.80. The number of halogens is 1. The van der Waals surface area contributed by atoms with E-state index in [2.05, 4.69) is 32.5 Å². The normalized spacial score (nSPS) is 11.5. The topological polar surface area (TPSA) is 83.3 Å². The number of anilines is 2. The second-order valence-corrected chi connectivity index (χ2v) is 8.58. The van der Waals surface area contributed by atoms with Crippen LogP contribution in [0.3, 0.4) is 0 Å². The molecule has 3 aromatic heterocycles. The lowest BCUT2D eigenvalue weighted by atomic mass is 10.1. The molecule has 8 heteroatoms. The maximum Gasteiger partial charge on any atom is 0.232 e. The molecule has 34 heavy (non-hydrogen) atoms. The van der Waals surface area contributed by atoms with Gasteiger partial charge in [-0.3, -0.25) is 9.78 Å². The van der Waals surface area contributed by atoms with Crippen LogP contribution in [0.5, 0.6) is 0 Å². The molecule has 7 nitrogen and oxygen atoms in total. The second kappa shape index (κ2) is 9.67. The lowest BCUT2D eigenvalue weighted by molar-refractivity contribution is 0.361. The number of nitrogens with one attached hydrogen (secondary N) is 2. The third-order valence-corrected chi connectivity index (χ3v) is 6.04. The number of pyridine rings is 2. The van der Waals surface area contributed by atoms with E-state index in [1.807, 2.05) is 42.5 Å². The van der Waals surface area contributed by atoms with E-state index in [1.165, 1.54) is 0 Å². The lowest BCUT2D eigenvalue weighted by Crippen LogP contribution is -2.30. The fourth-order valence-corrected chi connectivity index (χ4v) is 4.19. The first-order valence-electron chi connectivity index (χ1n) is 11.1. The van der Waals surface area contributed by atoms with E-state index in [1.54, 1.807) is 24.5 Å². The molecular weight excluding hydrogens is 450 g/mol. The molecular formula is C26H24ClN5O2. The number of likely N-dealkylation sites (N-methyl/N-ethyl adjacent to an activating group) is 1. The smallest absolute Gasteiger partial charge is 0.232 e. The molecule has 0 radical (unpaired) electrons. The van der Waals surface area contributed by atoms with Gasteiger partial charge in [0.15, 0.2) is 0 Å². The van der Waals surface area contributed by atoms with Crippen molar-refractivity contribution in [3.05, 3.63) is 82.2 Å². The maximum atomic E-state index is 13.0. The average molecular weight is 474 g/mol. The molecule has 172 valence electrons. The maximum absolute atomic E-state index is 13.0. The zero-order chi connectivity index (χ0) is 23.5. The highest BCUT2D eigenvalue weighted by molar-refractivity contribution is 6.31. The van der Waals surface area contributed by atoms with Gasteiger partial charge in [0.05, 0.1) is 16.6 Å². The first kappa shape index (κ1) is 22.1. The van der Waals surface area contributed by atoms with Gasteiger partial charge >= 0.3 is 0 Å². The van der Waals surface area contributed by atoms with Gasteiger partial charge < -0.3 is 20.0 Å². The van der Waals surface area contributed by atoms with Crippen molar-refractivity contribution in [2.24, 2.45) is 0 Å². The molecule has 2 N–H and O–H groups in total. The highest BCUT2D eigenvalue weighted by atomic mass is 35.5. The minimum atomic E-state index is -0.0733. The van der Waals surface area contributed by atoms with Crippen molar-refractivity contribution < 1.29 is 4.42 Å². The Bertz CT molecular complexity index is 1540. The molecule has 0 saturated heterocycles. The molecule has 0 spiro atoms. The summed E-state index contributed by atoms with van der Waals surface area (Å²) in [5.41, 5.74) is 3.46. The van der Waals surface area contributed by atoms with Crippen molar-refractivity contribution in [1.82, 2.24) is 14.9 Å². The first-order chi connectivity index (χ1) is 16.6. The summed E-state index contributed by atoms with van der Waals surface area (Å²) in [6.07, 6.45) is 3.44. The fourth-order valence-electron chi connectivity index (χ4n) is 4.02. The van der Waals surface area contributed by atoms with E-state index in [-0.39, 0.29) is 5.43 Å². The first-order valence-corrected chi connectivity index (χ1v) is 11.5. The Labute approximate surface area is 201 Å². The molecule has 0 aliphatic carbocycles. The van der Waals surface area contributed by atoms with E-state index in [0.717, 1.165) is 41.9 Å². The van der Waals surface area contributed by atoms with Gasteiger partial charge in [0.25, 0.3) is 0 Å². The van der Waals surface area contributed by atoms with Gasteiger partial charge in [-0.1, -0.05) is 23.7 Å². The number of hydrogen-bond donors (Lipinski definition) is 2. The zero-order valence-electron chi connectivity index (χ0n) is 18.7. The monoisotopic (exact) mass is 473 g/mol. The van der Waals surface area contributed by atoms with Crippen LogP contribution < -0.4 is 16.1 Å². The summed E-state index contributed by atoms with van der Waals surface area (Å²) in [6.45, 7) is 3.12. The second-order valence-electron chi connectivity index (χ2n) is 8.14. The molecule has 2 aromatic carbocycles. The number of aromatic nitrogens is 2. The summed E-state index contributed by atoms with van der Waals surface area (Å²) in [4.78, 5) is 23.9. The van der Waals surface area contributed by atoms with Crippen LogP contribution >= 0.6 is 11.6 Å². The number of rotatable bonds is 8. The van der Waals surface area contributed by atoms with Crippen LogP contribution in [-0.4, -0.2) is 48.1 Å². The van der Waals surface area contributed by atoms with Crippen molar-refractivity contribution in [1.29, 1.82) is 0 Å². The van der Waals surface area contributed by atoms with Gasteiger partial charge in [0, 0.05) is 54.7 Å². The van der Waals surface area contributed by atoms with Crippen LogP contribution in [0.25, 0.3) is 33.0 Å². The Kier molecular flexibility index (Phi) is 6.29. The standard InChI is InChI=1S/C26H24ClN5O2/c1-32(14-12-29-20-8-10-28-22-16-17(27)6-7-18(20)22)15-13-30-21-9-11-31-26-24(21)25(33)19-4-2-3-5-23(19)34-26/h2-11,16H,12-15H2,1H3,(H,28,29)(H,30,31). The Hall–Kier alpha value is -3.68. The molecule has 0 aliphatic rings. The number of nitrogens with zero attached hydrogens (tertiary/aromatic N) is 3. The van der Waals surface area contributed by atoms with Crippen LogP contribution in [0.2, 0.25) is 5.02 Å². The quantitative estimate of drug-likeness (QED) is 0.307. The van der Waals surface area contributed by atoms with Crippen LogP contribution in [0.15, 0.2) is 76.2 Å². The molecule has 0 atom stereocenters. The van der Waals surface area contributed by atoms with Gasteiger partial charge in [-0.05, 0) is 49.5 Å². The molecule has 5 aromatic rings. The van der Waals surface area contributed by atoms with E-state index >= 15 is 0 Å². The minimum Gasteiger partial charge on any atom is -0.437 e. The summed E-state index contributed by atoms with van der Waals surface area (Å²) in [7, 11) is 2.07. The molecule has 0 saturated carbocycles. The minimum absolute atomic E-state index is 0.0733. The summed E-state index contributed by atoms with van der Waals surface area (Å²) in [6, 6.07) is 16.8. The van der Waals surface area contributed by atoms with E-state index in [9.17, 15) is 4.79 Å². The highest BCUT2D eigenvalue weighted by Crippen LogP contribution is 2.24. The van der Waals surface area contributed by atoms with Crippen LogP contribution in [0.1, 0.15) is 0 Å². The average Bonchev–Trinajstić information content (AvgIpc) is 2.84. The SMILES string of the molecule is CN(CCNc1ccnc2cc(Cl)ccc12)CCNc1ccnc2oc3ccccc3c(=O)c12. The summed E-state index contributed by atoms with van der Waals surface area (Å²) < 4.78 is 5.85. The summed E-state index contributed by atoms with van der Waals surface area (Å²) >= 11 is 6.08. The summed E-state index contributed by atoms with van der Waals surface area (Å²) in [5.74, 6) is 0. The third kappa shape index (κ3) is 4.53. The molecule has 0 unspecified atom stereocenters. The van der Waals surface area contributed by atoms with Gasteiger partial charge in [-0.15, -0.1) is 0 Å². The predicted molar refractivity (Wildman–Crippen MR) is 139 cm³/mol. The molecule has 3 heterocycles. The predicted octanol–water partition coefficient (Wildman–Crippen LogP) is 5.00. The van der Waals surface area contributed by atoms with Gasteiger partial charge in [-0.25, -0.2) is 4.98 Å². The zero-order valence-corrected chi connectivity index (χ0v) is 19.5. The van der Waals surface area contributed by atoms with Gasteiger partial charge in [-0.2, -0.15) is 0 Å². The molecule has 5 rings (SSSR count). The Morgan fingerprint density at radius 2 is 1.65 bits per heavy atom. The van der Waals surface area contributed by atoms with Crippen LogP contribution in [-0.2, 0) is 0 Å². The molecule has 0 fully saturated rings. The lowest BCUT2D eigenvalue weighted by Gasteiger charge is -2.18. The number of para-hydroxylation sites is 1. The van der Waals surface area contributed by atoms with E-state index in [4.69, 9.17) is 16.0 Å². The largest absolute Gasteiger partial charge is 0.437 e. The Balaban J connectivity index is 1.20. The Morgan fingerprint density at radius 3 is 2.50 bits per heavy atom. The molecule has 0 aliphatic heterocycles. The number of fused-ring (bicyclic) bond motifs is 3. The van der Waals surface area contributed by atoms with Gasteiger partial charge in [0.2, 0.25) is 11.1 Å². The fraction of sp³-hybridized carbons (Fsp3) is 0.192. The van der Waals surface area contributed by atoms with Crippen molar-refractivity contribution in [2.45, 2.75) is 0 Å². The van der Waals surface area contributed by atoms with Crippen LogP contribution in [0, 0.1) is 0 Å². The molecule has 0 bridgehead atoms. The van der Waals surface area contributed by atoms with Crippen molar-refractivity contribution in [3.63, 3.8) is 0 Å². The van der Waals surface area contributed by atoms with Gasteiger partial charge in [0.1, 0.15) is 11.0 Å². The van der Waals surface area contributed by atoms with Crippen molar-refractivity contribution in [3.8, 4) is 0 Å². The molecule has 0 amide bonds.